The molecule has 2 aromatic carbocycles. The van der Waals surface area contributed by atoms with Crippen LogP contribution in [-0.4, -0.2) is 0 Å². The monoisotopic (exact) mass is 278 g/mol. The van der Waals surface area contributed by atoms with Crippen molar-refractivity contribution < 1.29 is 13.2 Å². The van der Waals surface area contributed by atoms with E-state index >= 15 is 0 Å². The van der Waals surface area contributed by atoms with Gasteiger partial charge in [-0.25, -0.2) is 13.2 Å². The predicted molar refractivity (Wildman–Crippen MR) is 75.0 cm³/mol. The smallest absolute Gasteiger partial charge is 0.166 e. The highest BCUT2D eigenvalue weighted by Gasteiger charge is 2.13. The lowest BCUT2D eigenvalue weighted by atomic mass is 10.00. The van der Waals surface area contributed by atoms with Gasteiger partial charge < -0.3 is 0 Å². The summed E-state index contributed by atoms with van der Waals surface area (Å²) in [4.78, 5) is 0. The van der Waals surface area contributed by atoms with Crippen LogP contribution in [0.1, 0.15) is 31.7 Å². The van der Waals surface area contributed by atoms with Crippen LogP contribution in [0.2, 0.25) is 0 Å². The van der Waals surface area contributed by atoms with Gasteiger partial charge in [-0.15, -0.1) is 0 Å². The molecule has 0 fully saturated rings. The van der Waals surface area contributed by atoms with Gasteiger partial charge in [-0.1, -0.05) is 44.0 Å². The van der Waals surface area contributed by atoms with Crippen molar-refractivity contribution in [2.45, 2.75) is 32.6 Å². The molecule has 0 heterocycles. The molecule has 0 aromatic heterocycles. The summed E-state index contributed by atoms with van der Waals surface area (Å²) in [6.07, 6.45) is 4.01. The zero-order valence-electron chi connectivity index (χ0n) is 11.4. The molecule has 20 heavy (non-hydrogen) atoms. The van der Waals surface area contributed by atoms with Crippen molar-refractivity contribution >= 4 is 0 Å². The second-order valence-electron chi connectivity index (χ2n) is 4.87. The SMILES string of the molecule is CCCCCc1ccc(-c2cccc(F)c2F)c(F)c1. The molecule has 2 rings (SSSR count). The van der Waals surface area contributed by atoms with Gasteiger partial charge in [0.25, 0.3) is 0 Å². The van der Waals surface area contributed by atoms with Crippen LogP contribution in [0, 0.1) is 17.5 Å². The fourth-order valence-electron chi connectivity index (χ4n) is 2.22. The number of rotatable bonds is 5. The summed E-state index contributed by atoms with van der Waals surface area (Å²) in [5.41, 5.74) is 0.945. The van der Waals surface area contributed by atoms with Crippen LogP contribution >= 0.6 is 0 Å². The van der Waals surface area contributed by atoms with Gasteiger partial charge in [0.2, 0.25) is 0 Å². The summed E-state index contributed by atoms with van der Waals surface area (Å²) < 4.78 is 40.9. The molecule has 106 valence electrons. The maximum Gasteiger partial charge on any atom is 0.166 e. The maximum atomic E-state index is 14.1. The second kappa shape index (κ2) is 6.60. The van der Waals surface area contributed by atoms with Crippen LogP contribution in [0.3, 0.4) is 0 Å². The lowest BCUT2D eigenvalue weighted by Crippen LogP contribution is -1.94. The summed E-state index contributed by atoms with van der Waals surface area (Å²) in [5.74, 6) is -2.48. The van der Waals surface area contributed by atoms with Gasteiger partial charge >= 0.3 is 0 Å². The van der Waals surface area contributed by atoms with Gasteiger partial charge in [0.05, 0.1) is 0 Å². The Labute approximate surface area is 117 Å². The topological polar surface area (TPSA) is 0 Å². The Hall–Kier alpha value is -1.77. The van der Waals surface area contributed by atoms with Crippen molar-refractivity contribution in [1.29, 1.82) is 0 Å². The number of unbranched alkanes of at least 4 members (excludes halogenated alkanes) is 2. The lowest BCUT2D eigenvalue weighted by molar-refractivity contribution is 0.510. The normalized spacial score (nSPS) is 10.8. The third-order valence-electron chi connectivity index (χ3n) is 3.34. The van der Waals surface area contributed by atoms with E-state index in [-0.39, 0.29) is 11.1 Å². The van der Waals surface area contributed by atoms with Gasteiger partial charge in [-0.3, -0.25) is 0 Å². The van der Waals surface area contributed by atoms with Gasteiger partial charge in [0.15, 0.2) is 11.6 Å². The van der Waals surface area contributed by atoms with Crippen LogP contribution in [0.5, 0.6) is 0 Å². The predicted octanol–water partition coefficient (Wildman–Crippen LogP) is 5.50. The molecule has 0 aliphatic heterocycles. The van der Waals surface area contributed by atoms with Crippen molar-refractivity contribution in [2.75, 3.05) is 0 Å². The average molecular weight is 278 g/mol. The van der Waals surface area contributed by atoms with E-state index < -0.39 is 17.5 Å². The van der Waals surface area contributed by atoms with E-state index in [9.17, 15) is 13.2 Å². The molecule has 0 bridgehead atoms. The van der Waals surface area contributed by atoms with Crippen LogP contribution < -0.4 is 0 Å². The standard InChI is InChI=1S/C17H17F3/c1-2-3-4-6-12-9-10-13(16(19)11-12)14-7-5-8-15(18)17(14)20/h5,7-11H,2-4,6H2,1H3. The summed E-state index contributed by atoms with van der Waals surface area (Å²) in [6, 6.07) is 8.49. The van der Waals surface area contributed by atoms with Crippen molar-refractivity contribution in [3.05, 3.63) is 59.4 Å². The minimum Gasteiger partial charge on any atom is -0.206 e. The Morgan fingerprint density at radius 2 is 1.65 bits per heavy atom. The zero-order chi connectivity index (χ0) is 14.5. The number of aryl methyl sites for hydroxylation is 1. The first-order valence-electron chi connectivity index (χ1n) is 6.86. The largest absolute Gasteiger partial charge is 0.206 e. The molecular weight excluding hydrogens is 261 g/mol. The van der Waals surface area contributed by atoms with E-state index in [2.05, 4.69) is 6.92 Å². The number of benzene rings is 2. The summed E-state index contributed by atoms with van der Waals surface area (Å²) in [5, 5.41) is 0. The molecule has 0 aliphatic rings. The number of hydrogen-bond donors (Lipinski definition) is 0. The first kappa shape index (κ1) is 14.6. The van der Waals surface area contributed by atoms with Crippen molar-refractivity contribution in [1.82, 2.24) is 0 Å². The van der Waals surface area contributed by atoms with Crippen LogP contribution in [-0.2, 0) is 6.42 Å². The Bertz CT molecular complexity index is 591. The van der Waals surface area contributed by atoms with E-state index in [1.54, 1.807) is 6.07 Å². The molecule has 0 N–H and O–H groups in total. The summed E-state index contributed by atoms with van der Waals surface area (Å²) >= 11 is 0. The quantitative estimate of drug-likeness (QED) is 0.633. The van der Waals surface area contributed by atoms with Gasteiger partial charge in [-0.2, -0.15) is 0 Å². The number of hydrogen-bond acceptors (Lipinski definition) is 0. The minimum atomic E-state index is -1.01. The molecule has 0 aliphatic carbocycles. The molecular formula is C17H17F3. The number of halogens is 3. The van der Waals surface area contributed by atoms with Crippen molar-refractivity contribution in [3.8, 4) is 11.1 Å². The molecule has 0 nitrogen and oxygen atoms in total. The zero-order valence-corrected chi connectivity index (χ0v) is 11.4. The third kappa shape index (κ3) is 3.21. The molecule has 3 heteroatoms. The Morgan fingerprint density at radius 1 is 0.850 bits per heavy atom. The first-order chi connectivity index (χ1) is 9.63. The third-order valence-corrected chi connectivity index (χ3v) is 3.34. The maximum absolute atomic E-state index is 14.1. The van der Waals surface area contributed by atoms with Crippen molar-refractivity contribution in [2.24, 2.45) is 0 Å². The van der Waals surface area contributed by atoms with E-state index in [0.29, 0.717) is 0 Å². The van der Waals surface area contributed by atoms with E-state index in [1.807, 2.05) is 0 Å². The van der Waals surface area contributed by atoms with Crippen LogP contribution in [0.25, 0.3) is 11.1 Å². The van der Waals surface area contributed by atoms with Gasteiger partial charge in [-0.05, 0) is 30.5 Å². The summed E-state index contributed by atoms with van der Waals surface area (Å²) in [6.45, 7) is 2.11. The molecule has 0 radical (unpaired) electrons. The van der Waals surface area contributed by atoms with E-state index in [0.717, 1.165) is 37.3 Å². The molecule has 0 spiro atoms. The van der Waals surface area contributed by atoms with Crippen LogP contribution in [0.15, 0.2) is 36.4 Å². The lowest BCUT2D eigenvalue weighted by Gasteiger charge is -2.08. The Kier molecular flexibility index (Phi) is 4.83. The molecule has 0 saturated carbocycles. The van der Waals surface area contributed by atoms with Crippen molar-refractivity contribution in [3.63, 3.8) is 0 Å². The molecule has 0 amide bonds. The highest BCUT2D eigenvalue weighted by molar-refractivity contribution is 5.65. The Morgan fingerprint density at radius 3 is 2.35 bits per heavy atom. The average Bonchev–Trinajstić information content (AvgIpc) is 2.43. The van der Waals surface area contributed by atoms with E-state index in [1.165, 1.54) is 24.3 Å². The van der Waals surface area contributed by atoms with E-state index in [4.69, 9.17) is 0 Å². The molecule has 0 atom stereocenters. The van der Waals surface area contributed by atoms with Gasteiger partial charge in [0.1, 0.15) is 5.82 Å². The highest BCUT2D eigenvalue weighted by Crippen LogP contribution is 2.27. The second-order valence-corrected chi connectivity index (χ2v) is 4.87. The molecule has 2 aromatic rings. The molecule has 0 saturated heterocycles. The Balaban J connectivity index is 2.27. The van der Waals surface area contributed by atoms with Gasteiger partial charge in [0, 0.05) is 11.1 Å². The van der Waals surface area contributed by atoms with Crippen LogP contribution in [0.4, 0.5) is 13.2 Å². The fraction of sp³-hybridized carbons (Fsp3) is 0.294. The highest BCUT2D eigenvalue weighted by atomic mass is 19.2. The first-order valence-corrected chi connectivity index (χ1v) is 6.86. The fourth-order valence-corrected chi connectivity index (χ4v) is 2.22. The molecule has 0 unspecified atom stereocenters. The summed E-state index contributed by atoms with van der Waals surface area (Å²) in [7, 11) is 0. The minimum absolute atomic E-state index is 0.0393.